The summed E-state index contributed by atoms with van der Waals surface area (Å²) in [6, 6.07) is 6.31. The summed E-state index contributed by atoms with van der Waals surface area (Å²) in [6.45, 7) is 1.43. The second-order valence-electron chi connectivity index (χ2n) is 3.26. The Labute approximate surface area is 122 Å². The van der Waals surface area contributed by atoms with Gasteiger partial charge in [0.2, 0.25) is 5.78 Å². The molecule has 0 unspecified atom stereocenters. The first-order chi connectivity index (χ1) is 7.72. The van der Waals surface area contributed by atoms with E-state index in [1.807, 2.05) is 0 Å². The van der Waals surface area contributed by atoms with Gasteiger partial charge >= 0.3 is 0 Å². The van der Waals surface area contributed by atoms with E-state index in [0.717, 1.165) is 4.47 Å². The molecule has 0 aromatic heterocycles. The number of hydrogen-bond acceptors (Lipinski definition) is 3. The number of ketones is 1. The van der Waals surface area contributed by atoms with Crippen LogP contribution in [0.15, 0.2) is 28.7 Å². The fourth-order valence-electron chi connectivity index (χ4n) is 1.09. The average molecular weight is 405 g/mol. The van der Waals surface area contributed by atoms with Gasteiger partial charge in [-0.25, -0.2) is 8.42 Å². The van der Waals surface area contributed by atoms with Gasteiger partial charge < -0.3 is 0 Å². The molecule has 0 radical (unpaired) electrons. The first-order valence-electron chi connectivity index (χ1n) is 4.63. The second kappa shape index (κ2) is 5.38. The van der Waals surface area contributed by atoms with Gasteiger partial charge in [-0.2, -0.15) is 0 Å². The molecule has 0 bridgehead atoms. The molecule has 17 heavy (non-hydrogen) atoms. The highest BCUT2D eigenvalue weighted by molar-refractivity contribution is 9.12. The molecule has 0 aliphatic carbocycles. The molecule has 1 atom stereocenters. The molecular weight excluding hydrogens is 395 g/mol. The number of carbonyl (C=O) groups is 1. The molecule has 0 saturated carbocycles. The number of Topliss-reactive ketones (excluding diaryl/α,β-unsaturated/α-hetero) is 1. The lowest BCUT2D eigenvalue weighted by atomic mass is 10.1. The van der Waals surface area contributed by atoms with Crippen LogP contribution >= 0.6 is 43.5 Å². The van der Waals surface area contributed by atoms with Gasteiger partial charge in [0.15, 0.2) is 9.84 Å². The van der Waals surface area contributed by atoms with Crippen LogP contribution in [0.1, 0.15) is 17.3 Å². The van der Waals surface area contributed by atoms with E-state index in [1.54, 1.807) is 12.1 Å². The quantitative estimate of drug-likeness (QED) is 0.571. The third-order valence-corrected chi connectivity index (χ3v) is 7.11. The Morgan fingerprint density at radius 3 is 2.24 bits per heavy atom. The molecule has 0 saturated heterocycles. The predicted octanol–water partition coefficient (Wildman–Crippen LogP) is 3.35. The zero-order chi connectivity index (χ0) is 13.3. The van der Waals surface area contributed by atoms with Crippen molar-refractivity contribution in [2.24, 2.45) is 0 Å². The number of sulfone groups is 1. The van der Waals surface area contributed by atoms with Crippen molar-refractivity contribution in [3.63, 3.8) is 0 Å². The number of halogens is 3. The van der Waals surface area contributed by atoms with E-state index in [1.165, 1.54) is 19.1 Å². The summed E-state index contributed by atoms with van der Waals surface area (Å²) in [6.07, 6.45) is 0. The zero-order valence-electron chi connectivity index (χ0n) is 8.78. The van der Waals surface area contributed by atoms with E-state index in [0.29, 0.717) is 0 Å². The fraction of sp³-hybridized carbons (Fsp3) is 0.300. The fourth-order valence-corrected chi connectivity index (χ4v) is 3.47. The van der Waals surface area contributed by atoms with Crippen molar-refractivity contribution in [1.82, 2.24) is 0 Å². The Morgan fingerprint density at radius 2 is 1.82 bits per heavy atom. The summed E-state index contributed by atoms with van der Waals surface area (Å²) in [5, 5.41) is 0. The molecule has 1 aromatic rings. The Hall–Kier alpha value is 0.0900. The molecule has 1 aromatic carbocycles. The number of benzene rings is 1. The minimum Gasteiger partial charge on any atom is -0.290 e. The summed E-state index contributed by atoms with van der Waals surface area (Å²) < 4.78 is 22.1. The van der Waals surface area contributed by atoms with E-state index in [2.05, 4.69) is 31.9 Å². The lowest BCUT2D eigenvalue weighted by Crippen LogP contribution is -2.36. The topological polar surface area (TPSA) is 51.2 Å². The number of alkyl halides is 2. The van der Waals surface area contributed by atoms with Crippen molar-refractivity contribution in [2.45, 2.75) is 10.0 Å². The third-order valence-electron chi connectivity index (χ3n) is 2.14. The number of rotatable bonds is 4. The summed E-state index contributed by atoms with van der Waals surface area (Å²) in [5.41, 5.74) is 0.233. The van der Waals surface area contributed by atoms with Gasteiger partial charge in [-0.15, -0.1) is 0 Å². The molecule has 0 aliphatic heterocycles. The number of carbonyl (C=O) groups excluding carboxylic acids is 1. The predicted molar refractivity (Wildman–Crippen MR) is 75.4 cm³/mol. The summed E-state index contributed by atoms with van der Waals surface area (Å²) in [4.78, 5) is 12.0. The van der Waals surface area contributed by atoms with Crippen molar-refractivity contribution < 1.29 is 13.2 Å². The van der Waals surface area contributed by atoms with Crippen LogP contribution in [0.3, 0.4) is 0 Å². The minimum atomic E-state index is -3.73. The van der Waals surface area contributed by atoms with E-state index in [-0.39, 0.29) is 11.3 Å². The largest absolute Gasteiger partial charge is 0.290 e. The summed E-state index contributed by atoms with van der Waals surface area (Å²) in [5.74, 6) is -0.905. The average Bonchev–Trinajstić information content (AvgIpc) is 2.28. The van der Waals surface area contributed by atoms with Crippen LogP contribution in [0.5, 0.6) is 0 Å². The van der Waals surface area contributed by atoms with E-state index < -0.39 is 18.7 Å². The maximum atomic E-state index is 12.0. The van der Waals surface area contributed by atoms with Crippen LogP contribution in [0.4, 0.5) is 0 Å². The standard InChI is InChI=1S/C10H9Br2ClO3S/c1-2-17(15,16)10(12,13)9(14)7-3-5-8(11)6-4-7/h3-6H,2H2,1H3/t10-/m0/s1. The van der Waals surface area contributed by atoms with Gasteiger partial charge in [-0.1, -0.05) is 46.6 Å². The second-order valence-corrected chi connectivity index (χ2v) is 9.55. The van der Waals surface area contributed by atoms with Crippen molar-refractivity contribution in [3.05, 3.63) is 34.3 Å². The molecule has 0 heterocycles. The Balaban J connectivity index is 3.18. The first kappa shape index (κ1) is 15.1. The molecular formula is C10H9Br2ClO3S. The summed E-state index contributed by atoms with van der Waals surface area (Å²) in [7, 11) is -3.73. The molecule has 0 fully saturated rings. The van der Waals surface area contributed by atoms with Gasteiger partial charge in [-0.05, 0) is 28.1 Å². The molecule has 3 nitrogen and oxygen atoms in total. The smallest absolute Gasteiger partial charge is 0.261 e. The molecule has 94 valence electrons. The van der Waals surface area contributed by atoms with Crippen LogP contribution in [-0.4, -0.2) is 23.1 Å². The lowest BCUT2D eigenvalue weighted by Gasteiger charge is -2.18. The number of hydrogen-bond donors (Lipinski definition) is 0. The molecule has 7 heteroatoms. The van der Waals surface area contributed by atoms with Crippen molar-refractivity contribution in [3.8, 4) is 0 Å². The van der Waals surface area contributed by atoms with Crippen molar-refractivity contribution in [2.75, 3.05) is 5.75 Å². The van der Waals surface area contributed by atoms with E-state index >= 15 is 0 Å². The van der Waals surface area contributed by atoms with E-state index in [4.69, 9.17) is 11.6 Å². The van der Waals surface area contributed by atoms with Gasteiger partial charge in [-0.3, -0.25) is 4.79 Å². The normalized spacial score (nSPS) is 15.3. The molecule has 0 amide bonds. The molecule has 0 N–H and O–H groups in total. The van der Waals surface area contributed by atoms with Gasteiger partial charge in [0.25, 0.3) is 3.12 Å². The highest BCUT2D eigenvalue weighted by atomic mass is 79.9. The lowest BCUT2D eigenvalue weighted by molar-refractivity contribution is 0.1000. The Bertz CT molecular complexity index is 523. The minimum absolute atomic E-state index is 0.218. The third kappa shape index (κ3) is 3.10. The van der Waals surface area contributed by atoms with E-state index in [9.17, 15) is 13.2 Å². The van der Waals surface area contributed by atoms with Crippen LogP contribution in [0.2, 0.25) is 0 Å². The van der Waals surface area contributed by atoms with Crippen LogP contribution in [0, 0.1) is 0 Å². The zero-order valence-corrected chi connectivity index (χ0v) is 13.5. The first-order valence-corrected chi connectivity index (χ1v) is 8.24. The Morgan fingerprint density at radius 1 is 1.35 bits per heavy atom. The molecule has 0 spiro atoms. The maximum Gasteiger partial charge on any atom is 0.261 e. The highest BCUT2D eigenvalue weighted by Gasteiger charge is 2.45. The van der Waals surface area contributed by atoms with Crippen molar-refractivity contribution in [1.29, 1.82) is 0 Å². The Kier molecular flexibility index (Phi) is 4.80. The highest BCUT2D eigenvalue weighted by Crippen LogP contribution is 2.35. The van der Waals surface area contributed by atoms with Crippen molar-refractivity contribution >= 4 is 59.1 Å². The summed E-state index contributed by atoms with van der Waals surface area (Å²) >= 11 is 11.8. The SMILES string of the molecule is CCS(=O)(=O)[C@](Cl)(Br)C(=O)c1ccc(Br)cc1. The maximum absolute atomic E-state index is 12.0. The van der Waals surface area contributed by atoms with Crippen LogP contribution in [0.25, 0.3) is 0 Å². The molecule has 0 aliphatic rings. The van der Waals surface area contributed by atoms with Crippen LogP contribution < -0.4 is 0 Å². The van der Waals surface area contributed by atoms with Crippen LogP contribution in [-0.2, 0) is 9.84 Å². The monoisotopic (exact) mass is 402 g/mol. The van der Waals surface area contributed by atoms with Gasteiger partial charge in [0.05, 0.1) is 5.75 Å². The van der Waals surface area contributed by atoms with Gasteiger partial charge in [0, 0.05) is 10.0 Å². The van der Waals surface area contributed by atoms with Gasteiger partial charge in [0.1, 0.15) is 0 Å². The molecule has 1 rings (SSSR count).